The lowest BCUT2D eigenvalue weighted by Crippen LogP contribution is -2.07. The van der Waals surface area contributed by atoms with E-state index in [9.17, 15) is 9.59 Å². The quantitative estimate of drug-likeness (QED) is 0.424. The van der Waals surface area contributed by atoms with Crippen molar-refractivity contribution in [2.24, 2.45) is 4.99 Å². The van der Waals surface area contributed by atoms with Crippen molar-refractivity contribution in [2.75, 3.05) is 0 Å². The smallest absolute Gasteiger partial charge is 0.343 e. The van der Waals surface area contributed by atoms with Gasteiger partial charge in [0, 0.05) is 6.21 Å². The summed E-state index contributed by atoms with van der Waals surface area (Å²) in [4.78, 5) is 27.4. The number of ether oxygens (including phenoxy) is 1. The molecule has 3 aromatic carbocycles. The number of carboxylic acids is 1. The fourth-order valence-corrected chi connectivity index (χ4v) is 2.27. The highest BCUT2D eigenvalue weighted by atomic mass is 16.5. The van der Waals surface area contributed by atoms with Crippen molar-refractivity contribution >= 4 is 23.8 Å². The summed E-state index contributed by atoms with van der Waals surface area (Å²) in [5.41, 5.74) is 1.74. The van der Waals surface area contributed by atoms with Crippen molar-refractivity contribution in [3.8, 4) is 5.75 Å². The molecule has 3 aromatic rings. The van der Waals surface area contributed by atoms with Crippen molar-refractivity contribution in [2.45, 2.75) is 0 Å². The standard InChI is InChI=1S/C21H15NO4/c23-20(24)18-8-4-5-9-19(18)22-14-15-10-12-17(13-11-15)26-21(25)16-6-2-1-3-7-16/h1-14H,(H,23,24). The lowest BCUT2D eigenvalue weighted by atomic mass is 10.2. The molecular formula is C21H15NO4. The predicted molar refractivity (Wildman–Crippen MR) is 98.5 cm³/mol. The second kappa shape index (κ2) is 7.90. The van der Waals surface area contributed by atoms with Gasteiger partial charge in [0.15, 0.2) is 0 Å². The number of aromatic carboxylic acids is 1. The largest absolute Gasteiger partial charge is 0.478 e. The second-order valence-electron chi connectivity index (χ2n) is 5.41. The molecule has 5 heteroatoms. The Morgan fingerprint density at radius 2 is 1.50 bits per heavy atom. The summed E-state index contributed by atoms with van der Waals surface area (Å²) in [5, 5.41) is 9.15. The molecule has 1 N–H and O–H groups in total. The van der Waals surface area contributed by atoms with Crippen molar-refractivity contribution in [3.05, 3.63) is 95.6 Å². The first-order valence-corrected chi connectivity index (χ1v) is 7.87. The van der Waals surface area contributed by atoms with E-state index in [1.165, 1.54) is 6.07 Å². The zero-order chi connectivity index (χ0) is 18.4. The summed E-state index contributed by atoms with van der Waals surface area (Å²) in [6, 6.07) is 22.0. The van der Waals surface area contributed by atoms with Gasteiger partial charge in [-0.25, -0.2) is 9.59 Å². The third-order valence-corrected chi connectivity index (χ3v) is 3.59. The van der Waals surface area contributed by atoms with Crippen LogP contribution in [0, 0.1) is 0 Å². The minimum Gasteiger partial charge on any atom is -0.478 e. The van der Waals surface area contributed by atoms with E-state index < -0.39 is 11.9 Å². The molecule has 0 amide bonds. The molecule has 26 heavy (non-hydrogen) atoms. The van der Waals surface area contributed by atoms with Crippen molar-refractivity contribution in [1.29, 1.82) is 0 Å². The van der Waals surface area contributed by atoms with E-state index in [-0.39, 0.29) is 5.56 Å². The van der Waals surface area contributed by atoms with E-state index in [0.29, 0.717) is 17.0 Å². The molecule has 0 aliphatic heterocycles. The van der Waals surface area contributed by atoms with E-state index in [1.54, 1.807) is 72.9 Å². The number of rotatable bonds is 5. The third kappa shape index (κ3) is 4.21. The number of para-hydroxylation sites is 1. The van der Waals surface area contributed by atoms with Crippen LogP contribution >= 0.6 is 0 Å². The summed E-state index contributed by atoms with van der Waals surface area (Å²) >= 11 is 0. The fourth-order valence-electron chi connectivity index (χ4n) is 2.27. The number of aliphatic imine (C=N–C) groups is 1. The molecule has 0 heterocycles. The molecule has 3 rings (SSSR count). The number of carbonyl (C=O) groups excluding carboxylic acids is 1. The molecule has 0 saturated carbocycles. The van der Waals surface area contributed by atoms with Gasteiger partial charge < -0.3 is 9.84 Å². The van der Waals surface area contributed by atoms with Crippen LogP contribution in [0.2, 0.25) is 0 Å². The first-order valence-electron chi connectivity index (χ1n) is 7.87. The first-order chi connectivity index (χ1) is 12.6. The summed E-state index contributed by atoms with van der Waals surface area (Å²) in [6.45, 7) is 0. The Labute approximate surface area is 150 Å². The van der Waals surface area contributed by atoms with Gasteiger partial charge in [-0.15, -0.1) is 0 Å². The van der Waals surface area contributed by atoms with Crippen LogP contribution in [0.15, 0.2) is 83.9 Å². The maximum absolute atomic E-state index is 12.0. The third-order valence-electron chi connectivity index (χ3n) is 3.59. The van der Waals surface area contributed by atoms with E-state index in [4.69, 9.17) is 9.84 Å². The monoisotopic (exact) mass is 345 g/mol. The van der Waals surface area contributed by atoms with Crippen LogP contribution in [0.4, 0.5) is 5.69 Å². The minimum atomic E-state index is -1.03. The average molecular weight is 345 g/mol. The Kier molecular flexibility index (Phi) is 5.19. The highest BCUT2D eigenvalue weighted by Crippen LogP contribution is 2.19. The van der Waals surface area contributed by atoms with Gasteiger partial charge >= 0.3 is 11.9 Å². The maximum atomic E-state index is 12.0. The average Bonchev–Trinajstić information content (AvgIpc) is 2.68. The molecule has 0 aliphatic rings. The van der Waals surface area contributed by atoms with Crippen LogP contribution in [-0.2, 0) is 0 Å². The minimum absolute atomic E-state index is 0.136. The highest BCUT2D eigenvalue weighted by Gasteiger charge is 2.08. The van der Waals surface area contributed by atoms with Crippen LogP contribution in [0.25, 0.3) is 0 Å². The number of carboxylic acid groups (broad SMARTS) is 1. The molecule has 128 valence electrons. The SMILES string of the molecule is O=C(Oc1ccc(C=Nc2ccccc2C(=O)O)cc1)c1ccccc1. The molecule has 0 aliphatic carbocycles. The molecule has 0 bridgehead atoms. The topological polar surface area (TPSA) is 76.0 Å². The Balaban J connectivity index is 1.70. The second-order valence-corrected chi connectivity index (χ2v) is 5.41. The first kappa shape index (κ1) is 17.1. The van der Waals surface area contributed by atoms with Gasteiger partial charge in [-0.05, 0) is 54.1 Å². The number of hydrogen-bond donors (Lipinski definition) is 1. The van der Waals surface area contributed by atoms with E-state index in [1.807, 2.05) is 6.07 Å². The van der Waals surface area contributed by atoms with Crippen molar-refractivity contribution in [1.82, 2.24) is 0 Å². The molecule has 0 fully saturated rings. The van der Waals surface area contributed by atoms with E-state index >= 15 is 0 Å². The van der Waals surface area contributed by atoms with Gasteiger partial charge in [0.25, 0.3) is 0 Å². The van der Waals surface area contributed by atoms with Crippen LogP contribution in [0.3, 0.4) is 0 Å². The number of carbonyl (C=O) groups is 2. The fraction of sp³-hybridized carbons (Fsp3) is 0. The van der Waals surface area contributed by atoms with Crippen LogP contribution < -0.4 is 4.74 Å². The van der Waals surface area contributed by atoms with Gasteiger partial charge in [0.1, 0.15) is 5.75 Å². The summed E-state index contributed by atoms with van der Waals surface area (Å²) in [7, 11) is 0. The van der Waals surface area contributed by atoms with Gasteiger partial charge in [-0.2, -0.15) is 0 Å². The summed E-state index contributed by atoms with van der Waals surface area (Å²) in [5.74, 6) is -1.04. The molecule has 0 unspecified atom stereocenters. The van der Waals surface area contributed by atoms with Crippen molar-refractivity contribution in [3.63, 3.8) is 0 Å². The molecule has 5 nitrogen and oxygen atoms in total. The lowest BCUT2D eigenvalue weighted by Gasteiger charge is -2.04. The van der Waals surface area contributed by atoms with Crippen molar-refractivity contribution < 1.29 is 19.4 Å². The van der Waals surface area contributed by atoms with Gasteiger partial charge in [0.05, 0.1) is 16.8 Å². The van der Waals surface area contributed by atoms with Crippen LogP contribution in [-0.4, -0.2) is 23.3 Å². The molecular weight excluding hydrogens is 330 g/mol. The summed E-state index contributed by atoms with van der Waals surface area (Å²) < 4.78 is 5.31. The molecule has 0 atom stereocenters. The highest BCUT2D eigenvalue weighted by molar-refractivity contribution is 5.95. The predicted octanol–water partition coefficient (Wildman–Crippen LogP) is 4.35. The zero-order valence-corrected chi connectivity index (χ0v) is 13.7. The zero-order valence-electron chi connectivity index (χ0n) is 13.7. The Bertz CT molecular complexity index is 947. The Morgan fingerprint density at radius 3 is 2.19 bits per heavy atom. The molecule has 0 radical (unpaired) electrons. The molecule has 0 spiro atoms. The lowest BCUT2D eigenvalue weighted by molar-refractivity contribution is 0.0695. The Morgan fingerprint density at radius 1 is 0.846 bits per heavy atom. The number of esters is 1. The molecule has 0 saturated heterocycles. The van der Waals surface area contributed by atoms with E-state index in [2.05, 4.69) is 4.99 Å². The van der Waals surface area contributed by atoms with Gasteiger partial charge in [0.2, 0.25) is 0 Å². The van der Waals surface area contributed by atoms with Crippen LogP contribution in [0.5, 0.6) is 5.75 Å². The normalized spacial score (nSPS) is 10.6. The number of benzene rings is 3. The van der Waals surface area contributed by atoms with Crippen LogP contribution in [0.1, 0.15) is 26.3 Å². The summed E-state index contributed by atoms with van der Waals surface area (Å²) in [6.07, 6.45) is 1.56. The van der Waals surface area contributed by atoms with E-state index in [0.717, 1.165) is 5.56 Å². The number of hydrogen-bond acceptors (Lipinski definition) is 4. The number of nitrogens with zero attached hydrogens (tertiary/aromatic N) is 1. The van der Waals surface area contributed by atoms with Gasteiger partial charge in [-0.1, -0.05) is 30.3 Å². The Hall–Kier alpha value is -3.73. The maximum Gasteiger partial charge on any atom is 0.343 e. The molecule has 0 aromatic heterocycles. The van der Waals surface area contributed by atoms with Gasteiger partial charge in [-0.3, -0.25) is 4.99 Å².